The van der Waals surface area contributed by atoms with Gasteiger partial charge < -0.3 is 27.0 Å². The number of aliphatic hydroxyl groups excluding tert-OH is 1. The molecule has 0 spiro atoms. The van der Waals surface area contributed by atoms with Crippen molar-refractivity contribution in [3.63, 3.8) is 0 Å². The maximum atomic E-state index is 9.43. The van der Waals surface area contributed by atoms with Gasteiger partial charge in [-0.05, 0) is 125 Å². The maximum absolute atomic E-state index is 9.43. The van der Waals surface area contributed by atoms with E-state index in [1.54, 1.807) is 0 Å². The van der Waals surface area contributed by atoms with Crippen LogP contribution in [0, 0.1) is 20.8 Å². The summed E-state index contributed by atoms with van der Waals surface area (Å²) < 4.78 is 0. The molecule has 0 unspecified atom stereocenters. The molecule has 13 heteroatoms. The molecule has 55 heavy (non-hydrogen) atoms. The number of nitrogens with zero attached hydrogens (tertiary/aromatic N) is 6. The van der Waals surface area contributed by atoms with E-state index in [9.17, 15) is 5.11 Å². The Balaban J connectivity index is -0.0000000784. The zero-order valence-electron chi connectivity index (χ0n) is 34.9. The molecule has 0 bridgehead atoms. The summed E-state index contributed by atoms with van der Waals surface area (Å²) in [6.45, 7) is 14.0. The first-order valence-corrected chi connectivity index (χ1v) is 16.4. The second kappa shape index (κ2) is 34.9. The molecule has 0 fully saturated rings. The van der Waals surface area contributed by atoms with E-state index in [0.29, 0.717) is 13.1 Å². The summed E-state index contributed by atoms with van der Waals surface area (Å²) in [6.07, 6.45) is 2.74. The van der Waals surface area contributed by atoms with E-state index in [0.717, 1.165) is 19.3 Å². The summed E-state index contributed by atoms with van der Waals surface area (Å²) in [4.78, 5) is 9.25. The Hall–Kier alpha value is -1.05. The number of aryl methyl sites for hydroxylation is 3. The van der Waals surface area contributed by atoms with E-state index in [-0.39, 0.29) is 124 Å². The minimum atomic E-state index is -0.171. The van der Waals surface area contributed by atoms with E-state index in [4.69, 9.17) is 11.3 Å². The molecular formula is C42H85AlLiN7OS3. The van der Waals surface area contributed by atoms with Crippen molar-refractivity contribution in [3.05, 3.63) is 117 Å². The van der Waals surface area contributed by atoms with E-state index in [1.807, 2.05) is 28.2 Å². The number of rotatable bonds is 13. The summed E-state index contributed by atoms with van der Waals surface area (Å²) >= 11 is 0. The Morgan fingerprint density at radius 2 is 0.855 bits per heavy atom. The minimum absolute atomic E-state index is 0. The topological polar surface area (TPSA) is 105 Å². The maximum Gasteiger partial charge on any atom is 1.00 e. The van der Waals surface area contributed by atoms with Crippen LogP contribution in [0.2, 0.25) is 0 Å². The van der Waals surface area contributed by atoms with Gasteiger partial charge in [0, 0.05) is 34.6 Å². The van der Waals surface area contributed by atoms with E-state index >= 15 is 0 Å². The fraction of sp³-hybridized carbons (Fsp3) is 0.571. The number of nitrogens with two attached hydrogens (primary N) is 1. The molecular weight excluding hydrogens is 749 g/mol. The predicted molar refractivity (Wildman–Crippen MR) is 263 cm³/mol. The van der Waals surface area contributed by atoms with Crippen molar-refractivity contribution < 1.29 is 25.4 Å². The number of benzene rings is 3. The van der Waals surface area contributed by atoms with Gasteiger partial charge in [0.2, 0.25) is 0 Å². The van der Waals surface area contributed by atoms with Gasteiger partial charge in [-0.1, -0.05) is 117 Å². The summed E-state index contributed by atoms with van der Waals surface area (Å²) in [6, 6.07) is 25.7. The van der Waals surface area contributed by atoms with Crippen LogP contribution in [0.1, 0.15) is 77.9 Å². The Kier molecular flexibility index (Phi) is 45.5. The van der Waals surface area contributed by atoms with Crippen LogP contribution in [0.5, 0.6) is 0 Å². The average molecular weight is 834 g/mol. The van der Waals surface area contributed by atoms with Crippen LogP contribution in [0.3, 0.4) is 0 Å². The molecule has 3 rings (SSSR count). The molecule has 0 heterocycles. The molecule has 3 atom stereocenters. The fourth-order valence-electron chi connectivity index (χ4n) is 4.74. The van der Waals surface area contributed by atoms with Gasteiger partial charge in [0.25, 0.3) is 0 Å². The zero-order chi connectivity index (χ0) is 35.8. The van der Waals surface area contributed by atoms with Crippen molar-refractivity contribution in [2.45, 2.75) is 99.7 Å². The Labute approximate surface area is 384 Å². The van der Waals surface area contributed by atoms with Crippen LogP contribution < -0.4 is 24.6 Å². The molecule has 316 valence electrons. The molecule has 0 aliphatic carbocycles. The van der Waals surface area contributed by atoms with Crippen LogP contribution in [-0.2, 0) is 19.3 Å². The first-order valence-electron chi connectivity index (χ1n) is 16.4. The third-order valence-corrected chi connectivity index (χ3v) is 9.61. The molecule has 0 aliphatic heterocycles. The van der Waals surface area contributed by atoms with Crippen LogP contribution >= 0.6 is 40.5 Å². The van der Waals surface area contributed by atoms with Crippen LogP contribution in [0.25, 0.3) is 10.4 Å². The van der Waals surface area contributed by atoms with Crippen LogP contribution in [0.4, 0.5) is 0 Å². The fourth-order valence-corrected chi connectivity index (χ4v) is 4.74. The van der Waals surface area contributed by atoms with Crippen molar-refractivity contribution in [3.8, 4) is 0 Å². The quantitative estimate of drug-likeness (QED) is 0.109. The summed E-state index contributed by atoms with van der Waals surface area (Å²) in [5, 5.41) is 13.1. The third-order valence-electron chi connectivity index (χ3n) is 9.61. The molecule has 0 aromatic heterocycles. The molecule has 0 saturated heterocycles. The SMILES string of the molecule is C.C.C.Cc1ccc(C[C@@](C)(CN)N(C)C)cc1.Cc1ccc(C[C@@](C)(CN=[N+]=[N-])N(C)C)cc1.Cc1ccc(C[C@@](C)(CO)N(C)C)cc1.S.S.S.[AlH3].[H-].[Li+]. The first kappa shape index (κ1) is 71.6. The van der Waals surface area contributed by atoms with Gasteiger partial charge in [-0.2, -0.15) is 40.5 Å². The molecule has 3 aromatic rings. The van der Waals surface area contributed by atoms with Crippen molar-refractivity contribution in [2.75, 3.05) is 62.0 Å². The molecule has 0 amide bonds. The Bertz CT molecular complexity index is 1320. The molecule has 3 N–H and O–H groups in total. The number of aliphatic hydroxyl groups is 1. The van der Waals surface area contributed by atoms with Gasteiger partial charge in [0.15, 0.2) is 17.4 Å². The van der Waals surface area contributed by atoms with E-state index in [1.165, 1.54) is 33.4 Å². The first-order chi connectivity index (χ1) is 21.9. The molecule has 0 aliphatic rings. The minimum Gasteiger partial charge on any atom is -1.00 e. The molecule has 0 saturated carbocycles. The van der Waals surface area contributed by atoms with Gasteiger partial charge in [0.1, 0.15) is 0 Å². The predicted octanol–water partition coefficient (Wildman–Crippen LogP) is 5.01. The second-order valence-corrected chi connectivity index (χ2v) is 14.4. The van der Waals surface area contributed by atoms with E-state index < -0.39 is 0 Å². The largest absolute Gasteiger partial charge is 1.00 e. The van der Waals surface area contributed by atoms with Crippen molar-refractivity contribution in [1.29, 1.82) is 0 Å². The van der Waals surface area contributed by atoms with E-state index in [2.05, 4.69) is 153 Å². The van der Waals surface area contributed by atoms with Crippen molar-refractivity contribution in [2.24, 2.45) is 10.8 Å². The van der Waals surface area contributed by atoms with Gasteiger partial charge in [-0.3, -0.25) is 0 Å². The molecule has 3 aromatic carbocycles. The van der Waals surface area contributed by atoms with Crippen LogP contribution in [-0.4, -0.2) is 116 Å². The number of likely N-dealkylation sites (N-methyl/N-ethyl adjacent to an activating group) is 3. The van der Waals surface area contributed by atoms with Crippen molar-refractivity contribution >= 4 is 57.8 Å². The zero-order valence-corrected chi connectivity index (χ0v) is 36.9. The second-order valence-electron chi connectivity index (χ2n) is 14.4. The van der Waals surface area contributed by atoms with Crippen LogP contribution in [0.15, 0.2) is 77.9 Å². The number of azide groups is 1. The molecule has 0 radical (unpaired) electrons. The Morgan fingerprint density at radius 1 is 0.600 bits per heavy atom. The molecule has 8 nitrogen and oxygen atoms in total. The number of hydrogen-bond donors (Lipinski definition) is 2. The van der Waals surface area contributed by atoms with Gasteiger partial charge in [-0.25, -0.2) is 0 Å². The summed E-state index contributed by atoms with van der Waals surface area (Å²) in [7, 11) is 12.2. The number of hydrogen-bond acceptors (Lipinski definition) is 6. The summed E-state index contributed by atoms with van der Waals surface area (Å²) in [5.41, 5.74) is 21.8. The monoisotopic (exact) mass is 834 g/mol. The standard InChI is InChI=1S/C13H20N4.C13H22N2.C13H21NO.3CH4.Al.Li.3H2S.4H/c1-11-5-7-12(8-6-11)9-13(2,17(3)4)10-15-16-14;1-11-5-7-12(8-6-11)9-13(2,10-14)15(3)4;1-11-5-7-12(8-6-11)9-13(2,10-15)14(3)4;;;;;;;;;;;;/h5-8H,9-10H2,1-4H3;5-8H,9-10,14H2,1-4H3;5-8,15H,9-10H2,1-4H3;3*1H4;;;3*1H2;;;;/q;;;;;;;+1;;;;;;;-1/t3*13-;;;;;;;;;;;;/m000............/s1. The van der Waals surface area contributed by atoms with Crippen molar-refractivity contribution in [1.82, 2.24) is 14.7 Å². The third kappa shape index (κ3) is 25.8. The van der Waals surface area contributed by atoms with Gasteiger partial charge in [0.05, 0.1) is 6.61 Å². The van der Waals surface area contributed by atoms with Gasteiger partial charge >= 0.3 is 18.9 Å². The normalized spacial score (nSPS) is 12.7. The summed E-state index contributed by atoms with van der Waals surface area (Å²) in [5.74, 6) is 0. The smallest absolute Gasteiger partial charge is 1.00 e. The van der Waals surface area contributed by atoms with Gasteiger partial charge in [-0.15, -0.1) is 0 Å². The Morgan fingerprint density at radius 3 is 1.07 bits per heavy atom. The average Bonchev–Trinajstić information content (AvgIpc) is 3.03.